The van der Waals surface area contributed by atoms with Gasteiger partial charge in [0.2, 0.25) is 8.32 Å². The average Bonchev–Trinajstić information content (AvgIpc) is 2.67. The lowest BCUT2D eigenvalue weighted by molar-refractivity contribution is 0.513. The maximum atomic E-state index is 6.01. The lowest BCUT2D eigenvalue weighted by atomic mass is 10.5. The van der Waals surface area contributed by atoms with Crippen LogP contribution in [0.5, 0.6) is 6.01 Å². The molecular formula is C14H29N5OSi3. The molecule has 2 aromatic heterocycles. The molecule has 0 spiro atoms. The van der Waals surface area contributed by atoms with Gasteiger partial charge in [-0.15, -0.1) is 0 Å². The molecule has 0 aliphatic carbocycles. The SMILES string of the molecule is C[Si](C)(C)Nc1nc(O[Si](C)(C)C)nc2ncn([Si](C)(C)C)c12. The second kappa shape index (κ2) is 5.71. The van der Waals surface area contributed by atoms with E-state index in [1.54, 1.807) is 0 Å². The summed E-state index contributed by atoms with van der Waals surface area (Å²) in [6.45, 7) is 20.0. The molecule has 0 saturated carbocycles. The molecule has 0 unspecified atom stereocenters. The molecule has 128 valence electrons. The molecule has 0 aromatic carbocycles. The second-order valence-electron chi connectivity index (χ2n) is 8.90. The van der Waals surface area contributed by atoms with Gasteiger partial charge in [0.05, 0.1) is 6.33 Å². The Labute approximate surface area is 142 Å². The molecule has 0 radical (unpaired) electrons. The Bertz CT molecular complexity index is 710. The first-order valence-corrected chi connectivity index (χ1v) is 18.3. The summed E-state index contributed by atoms with van der Waals surface area (Å²) in [6, 6.07) is 0.443. The third-order valence-corrected chi connectivity index (χ3v) is 6.56. The predicted molar refractivity (Wildman–Crippen MR) is 105 cm³/mol. The number of nitrogens with one attached hydrogen (secondary N) is 1. The van der Waals surface area contributed by atoms with Crippen LogP contribution in [0.15, 0.2) is 6.33 Å². The second-order valence-corrected chi connectivity index (χ2v) is 22.9. The Morgan fingerprint density at radius 3 is 2.04 bits per heavy atom. The Kier molecular flexibility index (Phi) is 4.50. The van der Waals surface area contributed by atoms with Crippen molar-refractivity contribution in [2.75, 3.05) is 4.98 Å². The number of hydrogen-bond donors (Lipinski definition) is 1. The van der Waals surface area contributed by atoms with Gasteiger partial charge in [0.15, 0.2) is 19.7 Å². The van der Waals surface area contributed by atoms with Crippen LogP contribution in [0, 0.1) is 0 Å². The lowest BCUT2D eigenvalue weighted by Crippen LogP contribution is -2.35. The summed E-state index contributed by atoms with van der Waals surface area (Å²) in [7, 11) is -4.93. The molecule has 0 amide bonds. The zero-order valence-corrected chi connectivity index (χ0v) is 18.8. The third kappa shape index (κ3) is 4.64. The van der Waals surface area contributed by atoms with Gasteiger partial charge in [-0.25, -0.2) is 4.98 Å². The Hall–Kier alpha value is -1.20. The van der Waals surface area contributed by atoms with E-state index in [1.807, 2.05) is 6.33 Å². The summed E-state index contributed by atoms with van der Waals surface area (Å²) in [6.07, 6.45) is 1.90. The van der Waals surface area contributed by atoms with Gasteiger partial charge < -0.3 is 13.6 Å². The van der Waals surface area contributed by atoms with Crippen molar-refractivity contribution in [1.29, 1.82) is 0 Å². The number of hydrogen-bond acceptors (Lipinski definition) is 5. The van der Waals surface area contributed by atoms with Crippen LogP contribution in [0.4, 0.5) is 5.82 Å². The van der Waals surface area contributed by atoms with Gasteiger partial charge in [0.25, 0.3) is 0 Å². The Balaban J connectivity index is 2.66. The summed E-state index contributed by atoms with van der Waals surface area (Å²) in [5.74, 6) is 0.863. The van der Waals surface area contributed by atoms with Crippen LogP contribution >= 0.6 is 0 Å². The molecule has 0 atom stereocenters. The first kappa shape index (κ1) is 18.1. The van der Waals surface area contributed by atoms with Crippen molar-refractivity contribution in [3.8, 4) is 6.01 Å². The monoisotopic (exact) mass is 367 g/mol. The van der Waals surface area contributed by atoms with Crippen molar-refractivity contribution in [1.82, 2.24) is 19.2 Å². The summed E-state index contributed by atoms with van der Waals surface area (Å²) in [5, 5.41) is 0. The number of imidazole rings is 1. The van der Waals surface area contributed by atoms with E-state index in [-0.39, 0.29) is 0 Å². The number of nitrogens with zero attached hydrogens (tertiary/aromatic N) is 4. The van der Waals surface area contributed by atoms with Crippen molar-refractivity contribution in [3.05, 3.63) is 6.33 Å². The zero-order chi connectivity index (χ0) is 17.6. The number of rotatable bonds is 5. The summed E-state index contributed by atoms with van der Waals surface area (Å²) < 4.78 is 8.28. The summed E-state index contributed by atoms with van der Waals surface area (Å²) in [4.78, 5) is 17.4. The van der Waals surface area contributed by atoms with E-state index >= 15 is 0 Å². The highest BCUT2D eigenvalue weighted by molar-refractivity contribution is 6.79. The molecule has 0 saturated heterocycles. The number of fused-ring (bicyclic) bond motifs is 1. The van der Waals surface area contributed by atoms with Gasteiger partial charge in [0, 0.05) is 0 Å². The Morgan fingerprint density at radius 1 is 0.957 bits per heavy atom. The van der Waals surface area contributed by atoms with Crippen LogP contribution in [0.3, 0.4) is 0 Å². The highest BCUT2D eigenvalue weighted by Crippen LogP contribution is 2.27. The van der Waals surface area contributed by atoms with Crippen molar-refractivity contribution in [2.45, 2.75) is 58.9 Å². The fourth-order valence-corrected chi connectivity index (χ4v) is 4.98. The molecule has 2 rings (SSSR count). The van der Waals surface area contributed by atoms with Gasteiger partial charge in [-0.2, -0.15) is 9.97 Å². The van der Waals surface area contributed by atoms with E-state index in [4.69, 9.17) is 9.41 Å². The van der Waals surface area contributed by atoms with E-state index in [0.29, 0.717) is 6.01 Å². The maximum Gasteiger partial charge on any atom is 0.306 e. The van der Waals surface area contributed by atoms with Crippen LogP contribution in [0.25, 0.3) is 11.2 Å². The standard InChI is InChI=1S/C14H29N5OSi3/c1-21(2,3)18-13-11-12(15-10-19(11)22(4,5)6)16-14(17-13)20-23(7,8)9/h10H,1-9H3,(H,16,17,18). The van der Waals surface area contributed by atoms with Crippen LogP contribution in [-0.4, -0.2) is 44.0 Å². The highest BCUT2D eigenvalue weighted by Gasteiger charge is 2.27. The summed E-state index contributed by atoms with van der Waals surface area (Å²) in [5.41, 5.74) is 1.73. The molecule has 0 fully saturated rings. The molecule has 0 aliphatic rings. The molecule has 6 nitrogen and oxygen atoms in total. The largest absolute Gasteiger partial charge is 0.518 e. The number of aromatic nitrogens is 4. The van der Waals surface area contributed by atoms with Crippen LogP contribution in [0.1, 0.15) is 0 Å². The fraction of sp³-hybridized carbons (Fsp3) is 0.643. The van der Waals surface area contributed by atoms with Gasteiger partial charge in [-0.1, -0.05) is 39.3 Å². The normalized spacial score (nSPS) is 13.4. The van der Waals surface area contributed by atoms with Gasteiger partial charge in [-0.3, -0.25) is 0 Å². The van der Waals surface area contributed by atoms with Crippen LogP contribution < -0.4 is 9.41 Å². The Morgan fingerprint density at radius 2 is 1.57 bits per heavy atom. The molecule has 0 bridgehead atoms. The first-order chi connectivity index (χ1) is 10.3. The topological polar surface area (TPSA) is 64.9 Å². The quantitative estimate of drug-likeness (QED) is 0.810. The highest BCUT2D eigenvalue weighted by atomic mass is 28.4. The van der Waals surface area contributed by atoms with E-state index in [9.17, 15) is 0 Å². The lowest BCUT2D eigenvalue weighted by Gasteiger charge is -2.24. The van der Waals surface area contributed by atoms with Crippen molar-refractivity contribution in [3.63, 3.8) is 0 Å². The van der Waals surface area contributed by atoms with Crippen molar-refractivity contribution >= 4 is 41.8 Å². The van der Waals surface area contributed by atoms with Crippen molar-refractivity contribution in [2.24, 2.45) is 0 Å². The average molecular weight is 368 g/mol. The molecule has 9 heteroatoms. The van der Waals surface area contributed by atoms with Crippen LogP contribution in [-0.2, 0) is 0 Å². The van der Waals surface area contributed by atoms with Gasteiger partial charge >= 0.3 is 6.01 Å². The fourth-order valence-electron chi connectivity index (χ4n) is 2.18. The first-order valence-electron chi connectivity index (χ1n) is 7.99. The van der Waals surface area contributed by atoms with Gasteiger partial charge in [0.1, 0.15) is 13.8 Å². The minimum Gasteiger partial charge on any atom is -0.518 e. The number of anilines is 1. The van der Waals surface area contributed by atoms with E-state index in [2.05, 4.69) is 78.1 Å². The molecule has 0 aliphatic heterocycles. The third-order valence-electron chi connectivity index (χ3n) is 3.00. The summed E-state index contributed by atoms with van der Waals surface area (Å²) >= 11 is 0. The minimum absolute atomic E-state index is 0.443. The maximum absolute atomic E-state index is 6.01. The van der Waals surface area contributed by atoms with E-state index < -0.39 is 24.8 Å². The molecule has 1 N–H and O–H groups in total. The van der Waals surface area contributed by atoms with E-state index in [1.165, 1.54) is 0 Å². The predicted octanol–water partition coefficient (Wildman–Crippen LogP) is 3.97. The smallest absolute Gasteiger partial charge is 0.306 e. The van der Waals surface area contributed by atoms with Gasteiger partial charge in [-0.05, 0) is 19.6 Å². The molecule has 23 heavy (non-hydrogen) atoms. The zero-order valence-electron chi connectivity index (χ0n) is 15.8. The molecule has 2 heterocycles. The van der Waals surface area contributed by atoms with Crippen LogP contribution in [0.2, 0.25) is 58.9 Å². The molecular weight excluding hydrogens is 338 g/mol. The molecule has 2 aromatic rings. The van der Waals surface area contributed by atoms with Crippen molar-refractivity contribution < 1.29 is 4.43 Å². The van der Waals surface area contributed by atoms with E-state index in [0.717, 1.165) is 17.0 Å². The minimum atomic E-state index is -1.76.